The molecule has 8 nitrogen and oxygen atoms in total. The van der Waals surface area contributed by atoms with Gasteiger partial charge in [0.15, 0.2) is 0 Å². The van der Waals surface area contributed by atoms with E-state index in [1.807, 2.05) is 41.0 Å². The van der Waals surface area contributed by atoms with Crippen LogP contribution in [0.2, 0.25) is 0 Å². The molecule has 178 valence electrons. The van der Waals surface area contributed by atoms with Gasteiger partial charge < -0.3 is 25.6 Å². The van der Waals surface area contributed by atoms with Crippen LogP contribution in [0.5, 0.6) is 0 Å². The molecule has 4 N–H and O–H groups in total. The zero-order valence-corrected chi connectivity index (χ0v) is 19.9. The standard InChI is InChI=1S/C25H36N6O2/c1-4-31(22-7-5-20(6-8-22)21(13-26)15-28-3)25(27)23-16-30(18(2)32)11-9-24(23)29-14-19-10-12-33-17-19/h5-8,13,15,19,27,29H,4,9-12,14,16-17,26H2,1-3H3/t19-/m1/s1. The van der Waals surface area contributed by atoms with Gasteiger partial charge >= 0.3 is 0 Å². The number of ether oxygens (including phenoxy) is 1. The van der Waals surface area contributed by atoms with Crippen molar-refractivity contribution in [3.8, 4) is 0 Å². The summed E-state index contributed by atoms with van der Waals surface area (Å²) >= 11 is 0. The Bertz CT molecular complexity index is 929. The maximum atomic E-state index is 12.1. The fraction of sp³-hybridized carbons (Fsp3) is 0.480. The van der Waals surface area contributed by atoms with Crippen molar-refractivity contribution in [1.29, 1.82) is 5.41 Å². The molecule has 1 fully saturated rings. The van der Waals surface area contributed by atoms with E-state index in [-0.39, 0.29) is 5.91 Å². The molecule has 1 saturated heterocycles. The highest BCUT2D eigenvalue weighted by molar-refractivity contribution is 6.10. The second-order valence-corrected chi connectivity index (χ2v) is 8.41. The summed E-state index contributed by atoms with van der Waals surface area (Å²) in [4.78, 5) is 19.9. The third-order valence-corrected chi connectivity index (χ3v) is 6.25. The lowest BCUT2D eigenvalue weighted by atomic mass is 10.0. The molecule has 2 aliphatic rings. The minimum Gasteiger partial charge on any atom is -0.404 e. The lowest BCUT2D eigenvalue weighted by Gasteiger charge is -2.34. The average molecular weight is 453 g/mol. The Morgan fingerprint density at radius 2 is 2.15 bits per heavy atom. The molecular weight excluding hydrogens is 416 g/mol. The number of likely N-dealkylation sites (N-methyl/N-ethyl adjacent to an activating group) is 1. The van der Waals surface area contributed by atoms with Crippen LogP contribution in [-0.2, 0) is 9.53 Å². The van der Waals surface area contributed by atoms with Crippen LogP contribution < -0.4 is 16.0 Å². The SMILES string of the molecule is CCN(C(=N)C1=C(NC[C@H]2CCOC2)CCN(C(C)=O)C1)c1ccc(C(C=NC)=CN)cc1. The third-order valence-electron chi connectivity index (χ3n) is 6.25. The van der Waals surface area contributed by atoms with E-state index in [0.717, 1.165) is 60.7 Å². The highest BCUT2D eigenvalue weighted by Gasteiger charge is 2.27. The predicted octanol–water partition coefficient (Wildman–Crippen LogP) is 2.62. The first-order chi connectivity index (χ1) is 16.0. The van der Waals surface area contributed by atoms with Gasteiger partial charge in [-0.3, -0.25) is 15.2 Å². The van der Waals surface area contributed by atoms with Gasteiger partial charge in [0.05, 0.1) is 13.2 Å². The lowest BCUT2D eigenvalue weighted by Crippen LogP contribution is -2.44. The summed E-state index contributed by atoms with van der Waals surface area (Å²) in [5, 5.41) is 12.7. The number of allylic oxidation sites excluding steroid dienone is 1. The van der Waals surface area contributed by atoms with Crippen molar-refractivity contribution in [1.82, 2.24) is 10.2 Å². The second kappa shape index (κ2) is 11.7. The van der Waals surface area contributed by atoms with Crippen molar-refractivity contribution in [2.45, 2.75) is 26.7 Å². The van der Waals surface area contributed by atoms with Gasteiger partial charge in [-0.05, 0) is 31.0 Å². The van der Waals surface area contributed by atoms with E-state index < -0.39 is 0 Å². The van der Waals surface area contributed by atoms with E-state index in [2.05, 4.69) is 10.3 Å². The normalized spacial score (nSPS) is 19.3. The van der Waals surface area contributed by atoms with E-state index in [9.17, 15) is 4.79 Å². The minimum atomic E-state index is 0.0367. The van der Waals surface area contributed by atoms with Gasteiger partial charge in [-0.2, -0.15) is 0 Å². The molecule has 8 heteroatoms. The van der Waals surface area contributed by atoms with Crippen molar-refractivity contribution in [3.05, 3.63) is 47.3 Å². The van der Waals surface area contributed by atoms with Gasteiger partial charge in [0.25, 0.3) is 0 Å². The van der Waals surface area contributed by atoms with E-state index >= 15 is 0 Å². The van der Waals surface area contributed by atoms with Gasteiger partial charge in [-0.1, -0.05) is 12.1 Å². The Morgan fingerprint density at radius 3 is 2.73 bits per heavy atom. The molecule has 2 aliphatic heterocycles. The summed E-state index contributed by atoms with van der Waals surface area (Å²) in [5.74, 6) is 0.950. The maximum absolute atomic E-state index is 12.1. The molecule has 0 bridgehead atoms. The van der Waals surface area contributed by atoms with Crippen molar-refractivity contribution >= 4 is 29.2 Å². The largest absolute Gasteiger partial charge is 0.404 e. The number of nitrogens with two attached hydrogens (primary N) is 1. The van der Waals surface area contributed by atoms with Crippen molar-refractivity contribution in [3.63, 3.8) is 0 Å². The van der Waals surface area contributed by atoms with Gasteiger partial charge in [-0.15, -0.1) is 0 Å². The highest BCUT2D eigenvalue weighted by atomic mass is 16.5. The Hall–Kier alpha value is -3.13. The zero-order chi connectivity index (χ0) is 23.8. The second-order valence-electron chi connectivity index (χ2n) is 8.41. The van der Waals surface area contributed by atoms with Crippen LogP contribution in [0.15, 0.2) is 46.7 Å². The van der Waals surface area contributed by atoms with Crippen molar-refractivity contribution in [2.24, 2.45) is 16.6 Å². The first-order valence-corrected chi connectivity index (χ1v) is 11.6. The molecule has 0 saturated carbocycles. The molecule has 0 unspecified atom stereocenters. The summed E-state index contributed by atoms with van der Waals surface area (Å²) in [5.41, 5.74) is 10.4. The van der Waals surface area contributed by atoms with Gasteiger partial charge in [0.1, 0.15) is 5.84 Å². The predicted molar refractivity (Wildman–Crippen MR) is 135 cm³/mol. The number of amidine groups is 1. The topological polar surface area (TPSA) is 107 Å². The van der Waals surface area contributed by atoms with E-state index in [1.165, 1.54) is 6.20 Å². The lowest BCUT2D eigenvalue weighted by molar-refractivity contribution is -0.128. The zero-order valence-electron chi connectivity index (χ0n) is 19.9. The van der Waals surface area contributed by atoms with Gasteiger partial charge in [0, 0.05) is 87.5 Å². The Labute approximate surface area is 196 Å². The monoisotopic (exact) mass is 452 g/mol. The molecule has 0 spiro atoms. The third kappa shape index (κ3) is 6.01. The minimum absolute atomic E-state index is 0.0367. The number of anilines is 1. The van der Waals surface area contributed by atoms with Crippen LogP contribution >= 0.6 is 0 Å². The highest BCUT2D eigenvalue weighted by Crippen LogP contribution is 2.25. The van der Waals surface area contributed by atoms with Gasteiger partial charge in [-0.25, -0.2) is 0 Å². The summed E-state index contributed by atoms with van der Waals surface area (Å²) in [6, 6.07) is 7.97. The number of rotatable bonds is 8. The first-order valence-electron chi connectivity index (χ1n) is 11.6. The number of carbonyl (C=O) groups is 1. The summed E-state index contributed by atoms with van der Waals surface area (Å²) in [7, 11) is 1.71. The number of hydrogen-bond acceptors (Lipinski definition) is 6. The Kier molecular flexibility index (Phi) is 8.65. The van der Waals surface area contributed by atoms with Crippen LogP contribution in [-0.4, -0.2) is 69.3 Å². The molecule has 0 aromatic heterocycles. The number of carbonyl (C=O) groups excluding carboxylic acids is 1. The van der Waals surface area contributed by atoms with E-state index in [4.69, 9.17) is 15.9 Å². The first kappa shape index (κ1) is 24.5. The fourth-order valence-corrected chi connectivity index (χ4v) is 4.28. The number of benzene rings is 1. The number of aliphatic imine (C=N–C) groups is 1. The molecule has 0 aliphatic carbocycles. The Balaban J connectivity index is 1.85. The van der Waals surface area contributed by atoms with E-state index in [1.54, 1.807) is 20.2 Å². The van der Waals surface area contributed by atoms with Crippen LogP contribution in [0.1, 0.15) is 32.3 Å². The van der Waals surface area contributed by atoms with Crippen LogP contribution in [0.25, 0.3) is 5.57 Å². The molecule has 1 atom stereocenters. The maximum Gasteiger partial charge on any atom is 0.219 e. The molecule has 33 heavy (non-hydrogen) atoms. The Morgan fingerprint density at radius 1 is 1.39 bits per heavy atom. The van der Waals surface area contributed by atoms with Crippen LogP contribution in [0.4, 0.5) is 5.69 Å². The van der Waals surface area contributed by atoms with Crippen LogP contribution in [0.3, 0.4) is 0 Å². The molecule has 2 heterocycles. The molecule has 1 amide bonds. The number of amides is 1. The number of hydrogen-bond donors (Lipinski definition) is 3. The average Bonchev–Trinajstić information content (AvgIpc) is 3.35. The molecular formula is C25H36N6O2. The summed E-state index contributed by atoms with van der Waals surface area (Å²) in [6.45, 7) is 7.81. The summed E-state index contributed by atoms with van der Waals surface area (Å²) < 4.78 is 5.50. The number of nitrogens with zero attached hydrogens (tertiary/aromatic N) is 3. The van der Waals surface area contributed by atoms with Crippen molar-refractivity contribution in [2.75, 3.05) is 51.3 Å². The fourth-order valence-electron chi connectivity index (χ4n) is 4.28. The van der Waals surface area contributed by atoms with Crippen LogP contribution in [0, 0.1) is 11.3 Å². The molecule has 0 radical (unpaired) electrons. The smallest absolute Gasteiger partial charge is 0.219 e. The number of nitrogens with one attached hydrogen (secondary N) is 2. The summed E-state index contributed by atoms with van der Waals surface area (Å²) in [6.07, 6.45) is 5.05. The van der Waals surface area contributed by atoms with Crippen molar-refractivity contribution < 1.29 is 9.53 Å². The molecule has 1 aromatic carbocycles. The van der Waals surface area contributed by atoms with Gasteiger partial charge in [0.2, 0.25) is 5.91 Å². The quantitative estimate of drug-likeness (QED) is 0.415. The molecule has 1 aromatic rings. The molecule has 3 rings (SSSR count). The van der Waals surface area contributed by atoms with E-state index in [0.29, 0.717) is 31.4 Å².